The minimum absolute atomic E-state index is 0.0480. The van der Waals surface area contributed by atoms with Gasteiger partial charge in [-0.05, 0) is 29.6 Å². The predicted molar refractivity (Wildman–Crippen MR) is 106 cm³/mol. The van der Waals surface area contributed by atoms with Crippen LogP contribution in [0, 0.1) is 0 Å². The topological polar surface area (TPSA) is 108 Å². The summed E-state index contributed by atoms with van der Waals surface area (Å²) in [6, 6.07) is 12.6. The zero-order chi connectivity index (χ0) is 19.5. The summed E-state index contributed by atoms with van der Waals surface area (Å²) in [6.07, 6.45) is -0.314. The average molecular weight is 398 g/mol. The van der Waals surface area contributed by atoms with Crippen LogP contribution in [-0.4, -0.2) is 34.9 Å². The third kappa shape index (κ3) is 3.84. The lowest BCUT2D eigenvalue weighted by atomic mass is 10.2. The van der Waals surface area contributed by atoms with Crippen molar-refractivity contribution in [3.8, 4) is 22.1 Å². The van der Waals surface area contributed by atoms with Crippen molar-refractivity contribution in [3.05, 3.63) is 58.2 Å². The number of benzene rings is 1. The summed E-state index contributed by atoms with van der Waals surface area (Å²) in [5.41, 5.74) is 5.91. The fraction of sp³-hybridized carbons (Fsp3) is 0.211. The molecule has 8 nitrogen and oxygen atoms in total. The molecule has 1 amide bonds. The molecule has 1 atom stereocenters. The molecular weight excluding hydrogens is 380 g/mol. The highest BCUT2D eigenvalue weighted by Gasteiger charge is 2.21. The summed E-state index contributed by atoms with van der Waals surface area (Å²) >= 11 is 1.48. The molecule has 0 radical (unpaired) electrons. The van der Waals surface area contributed by atoms with Crippen molar-refractivity contribution in [2.75, 3.05) is 18.9 Å². The van der Waals surface area contributed by atoms with Crippen LogP contribution in [0.5, 0.6) is 11.5 Å². The first-order valence-electron chi connectivity index (χ1n) is 8.67. The quantitative estimate of drug-likeness (QED) is 0.674. The fourth-order valence-electron chi connectivity index (χ4n) is 2.80. The van der Waals surface area contributed by atoms with Gasteiger partial charge in [0.2, 0.25) is 5.91 Å². The van der Waals surface area contributed by atoms with Crippen LogP contribution in [0.15, 0.2) is 52.6 Å². The van der Waals surface area contributed by atoms with E-state index >= 15 is 0 Å². The molecule has 0 saturated carbocycles. The number of rotatable bonds is 5. The lowest BCUT2D eigenvalue weighted by Crippen LogP contribution is -2.42. The summed E-state index contributed by atoms with van der Waals surface area (Å²) < 4.78 is 12.5. The predicted octanol–water partition coefficient (Wildman–Crippen LogP) is 1.51. The van der Waals surface area contributed by atoms with Gasteiger partial charge in [0.1, 0.15) is 30.6 Å². The van der Waals surface area contributed by atoms with E-state index in [1.54, 1.807) is 0 Å². The smallest absolute Gasteiger partial charge is 0.290 e. The second kappa shape index (κ2) is 7.73. The molecule has 9 heteroatoms. The van der Waals surface area contributed by atoms with Crippen LogP contribution in [-0.2, 0) is 11.3 Å². The van der Waals surface area contributed by atoms with Crippen LogP contribution in [0.25, 0.3) is 10.6 Å². The van der Waals surface area contributed by atoms with Gasteiger partial charge in [-0.3, -0.25) is 9.59 Å². The van der Waals surface area contributed by atoms with Crippen LogP contribution < -0.4 is 26.1 Å². The molecule has 2 aromatic heterocycles. The molecule has 0 bridgehead atoms. The number of hydrogen-bond donors (Lipinski definition) is 2. The minimum Gasteiger partial charge on any atom is -0.486 e. The van der Waals surface area contributed by atoms with Crippen molar-refractivity contribution in [1.29, 1.82) is 0 Å². The van der Waals surface area contributed by atoms with Crippen molar-refractivity contribution in [1.82, 2.24) is 15.1 Å². The van der Waals surface area contributed by atoms with Gasteiger partial charge in [0, 0.05) is 0 Å². The van der Waals surface area contributed by atoms with Crippen molar-refractivity contribution in [3.63, 3.8) is 0 Å². The Kier molecular flexibility index (Phi) is 4.98. The lowest BCUT2D eigenvalue weighted by molar-refractivity contribution is -0.122. The first-order chi connectivity index (χ1) is 13.6. The Morgan fingerprint density at radius 2 is 2.11 bits per heavy atom. The van der Waals surface area contributed by atoms with E-state index in [0.717, 1.165) is 9.56 Å². The second-order valence-electron chi connectivity index (χ2n) is 6.23. The Balaban J connectivity index is 1.40. The largest absolute Gasteiger partial charge is 0.486 e. The van der Waals surface area contributed by atoms with E-state index in [2.05, 4.69) is 10.4 Å². The highest BCUT2D eigenvalue weighted by molar-refractivity contribution is 7.13. The van der Waals surface area contributed by atoms with Crippen molar-refractivity contribution in [2.45, 2.75) is 12.6 Å². The summed E-state index contributed by atoms with van der Waals surface area (Å²) in [5.74, 6) is 0.962. The van der Waals surface area contributed by atoms with Crippen LogP contribution in [0.4, 0.5) is 5.69 Å². The number of hydrogen-bond acceptors (Lipinski definition) is 7. The van der Waals surface area contributed by atoms with E-state index in [1.807, 2.05) is 41.8 Å². The van der Waals surface area contributed by atoms with Gasteiger partial charge in [-0.15, -0.1) is 11.3 Å². The van der Waals surface area contributed by atoms with E-state index in [9.17, 15) is 9.59 Å². The molecule has 0 fully saturated rings. The monoisotopic (exact) mass is 398 g/mol. The minimum atomic E-state index is -0.498. The molecule has 3 heterocycles. The molecule has 0 unspecified atom stereocenters. The number of nitrogen functional groups attached to an aromatic ring is 1. The van der Waals surface area contributed by atoms with Gasteiger partial charge in [0.25, 0.3) is 5.56 Å². The number of ether oxygens (including phenoxy) is 2. The summed E-state index contributed by atoms with van der Waals surface area (Å²) in [5, 5.41) is 8.91. The second-order valence-corrected chi connectivity index (χ2v) is 7.17. The van der Waals surface area contributed by atoms with Gasteiger partial charge in [-0.1, -0.05) is 18.2 Å². The number of nitrogens with two attached hydrogens (primary N) is 1. The molecular formula is C19H18N4O4S. The van der Waals surface area contributed by atoms with E-state index in [0.29, 0.717) is 23.8 Å². The Bertz CT molecular complexity index is 1050. The Hall–Kier alpha value is -3.33. The standard InChI is InChI=1S/C19H18N4O4S/c20-13-8-14(17-6-3-7-28-17)22-23(19(13)25)10-18(24)21-9-12-11-26-15-4-1-2-5-16(15)27-12/h1-8,12H,9-11,20H2,(H,21,24)/t12-/m1/s1. The summed E-state index contributed by atoms with van der Waals surface area (Å²) in [4.78, 5) is 25.4. The van der Waals surface area contributed by atoms with Crippen LogP contribution >= 0.6 is 11.3 Å². The molecule has 4 rings (SSSR count). The number of nitrogens with zero attached hydrogens (tertiary/aromatic N) is 2. The summed E-state index contributed by atoms with van der Waals surface area (Å²) in [7, 11) is 0. The number of para-hydroxylation sites is 2. The normalized spacial score (nSPS) is 15.2. The highest BCUT2D eigenvalue weighted by Crippen LogP contribution is 2.30. The SMILES string of the molecule is Nc1cc(-c2cccs2)nn(CC(=O)NC[C@@H]2COc3ccccc3O2)c1=O. The molecule has 144 valence electrons. The maximum absolute atomic E-state index is 12.3. The van der Waals surface area contributed by atoms with Crippen molar-refractivity contribution < 1.29 is 14.3 Å². The molecule has 1 aliphatic rings. The molecule has 1 aliphatic heterocycles. The maximum Gasteiger partial charge on any atom is 0.290 e. The Morgan fingerprint density at radius 1 is 1.29 bits per heavy atom. The lowest BCUT2D eigenvalue weighted by Gasteiger charge is -2.26. The number of aromatic nitrogens is 2. The fourth-order valence-corrected chi connectivity index (χ4v) is 3.48. The molecule has 3 aromatic rings. The van der Waals surface area contributed by atoms with E-state index in [1.165, 1.54) is 17.4 Å². The van der Waals surface area contributed by atoms with Gasteiger partial charge in [0.05, 0.1) is 11.4 Å². The number of fused-ring (bicyclic) bond motifs is 1. The van der Waals surface area contributed by atoms with Gasteiger partial charge < -0.3 is 20.5 Å². The first-order valence-corrected chi connectivity index (χ1v) is 9.55. The third-order valence-electron chi connectivity index (χ3n) is 4.16. The third-order valence-corrected chi connectivity index (χ3v) is 5.06. The molecule has 0 aliphatic carbocycles. The van der Waals surface area contributed by atoms with E-state index < -0.39 is 5.56 Å². The van der Waals surface area contributed by atoms with Gasteiger partial charge in [-0.2, -0.15) is 5.10 Å². The van der Waals surface area contributed by atoms with Crippen molar-refractivity contribution >= 4 is 22.9 Å². The molecule has 1 aromatic carbocycles. The van der Waals surface area contributed by atoms with Crippen LogP contribution in [0.3, 0.4) is 0 Å². The number of carbonyl (C=O) groups is 1. The highest BCUT2D eigenvalue weighted by atomic mass is 32.1. The number of anilines is 1. The molecule has 0 saturated heterocycles. The molecule has 3 N–H and O–H groups in total. The van der Waals surface area contributed by atoms with Gasteiger partial charge in [0.15, 0.2) is 11.5 Å². The first kappa shape index (κ1) is 18.1. The number of carbonyl (C=O) groups excluding carboxylic acids is 1. The van der Waals surface area contributed by atoms with Crippen LogP contribution in [0.1, 0.15) is 0 Å². The van der Waals surface area contributed by atoms with Gasteiger partial charge in [-0.25, -0.2) is 4.68 Å². The zero-order valence-electron chi connectivity index (χ0n) is 14.8. The van der Waals surface area contributed by atoms with Gasteiger partial charge >= 0.3 is 0 Å². The Morgan fingerprint density at radius 3 is 2.89 bits per heavy atom. The molecule has 0 spiro atoms. The van der Waals surface area contributed by atoms with E-state index in [-0.39, 0.29) is 30.8 Å². The van der Waals surface area contributed by atoms with Crippen molar-refractivity contribution in [2.24, 2.45) is 0 Å². The van der Waals surface area contributed by atoms with Crippen LogP contribution in [0.2, 0.25) is 0 Å². The number of thiophene rings is 1. The number of nitrogens with one attached hydrogen (secondary N) is 1. The maximum atomic E-state index is 12.3. The zero-order valence-corrected chi connectivity index (χ0v) is 15.6. The molecule has 28 heavy (non-hydrogen) atoms. The Labute approximate surface area is 164 Å². The van der Waals surface area contributed by atoms with E-state index in [4.69, 9.17) is 15.2 Å². The number of amides is 1. The summed E-state index contributed by atoms with van der Waals surface area (Å²) in [6.45, 7) is 0.352. The average Bonchev–Trinajstić information content (AvgIpc) is 3.24.